The van der Waals surface area contributed by atoms with E-state index in [1.54, 1.807) is 12.1 Å². The van der Waals surface area contributed by atoms with Gasteiger partial charge in [0.2, 0.25) is 5.91 Å². The van der Waals surface area contributed by atoms with Crippen molar-refractivity contribution < 1.29 is 14.6 Å². The number of aromatic nitrogens is 1. The Balaban J connectivity index is 1.43. The number of fused-ring (bicyclic) bond motifs is 1. The molecule has 6 nitrogen and oxygen atoms in total. The van der Waals surface area contributed by atoms with E-state index in [1.165, 1.54) is 19.4 Å². The first kappa shape index (κ1) is 23.9. The minimum atomic E-state index is -0.202. The second-order valence-electron chi connectivity index (χ2n) is 8.60. The standard InChI is InChI=1S/C31H27N3O3/c1-37-28-17-16-22(20-27(28)35)21-32-33-29(36)18-19-34-26-15-9-8-14-25(26)30(23-10-4-2-5-11-23)31(34)24-12-6-3-7-13-24/h2-17,20-21,35H,18-19H2,1H3,(H,33,36)/b32-21-. The summed E-state index contributed by atoms with van der Waals surface area (Å²) < 4.78 is 7.27. The number of ether oxygens (including phenoxy) is 1. The summed E-state index contributed by atoms with van der Waals surface area (Å²) in [7, 11) is 1.49. The van der Waals surface area contributed by atoms with Crippen LogP contribution < -0.4 is 10.2 Å². The van der Waals surface area contributed by atoms with Crippen LogP contribution in [0.15, 0.2) is 108 Å². The Labute approximate surface area is 215 Å². The Morgan fingerprint density at radius 1 is 0.919 bits per heavy atom. The molecular formula is C31H27N3O3. The highest BCUT2D eigenvalue weighted by atomic mass is 16.5. The maximum atomic E-state index is 12.7. The number of carbonyl (C=O) groups excluding carboxylic acids is 1. The number of aromatic hydroxyl groups is 1. The number of hydrogen-bond acceptors (Lipinski definition) is 4. The van der Waals surface area contributed by atoms with E-state index < -0.39 is 0 Å². The maximum Gasteiger partial charge on any atom is 0.241 e. The van der Waals surface area contributed by atoms with E-state index in [2.05, 4.69) is 51.5 Å². The van der Waals surface area contributed by atoms with Crippen LogP contribution in [0.3, 0.4) is 0 Å². The minimum absolute atomic E-state index is 0.0138. The summed E-state index contributed by atoms with van der Waals surface area (Å²) in [6.07, 6.45) is 1.74. The zero-order chi connectivity index (χ0) is 25.6. The molecule has 0 unspecified atom stereocenters. The molecule has 5 aromatic rings. The van der Waals surface area contributed by atoms with Crippen molar-refractivity contribution in [2.45, 2.75) is 13.0 Å². The zero-order valence-electron chi connectivity index (χ0n) is 20.5. The van der Waals surface area contributed by atoms with Crippen molar-refractivity contribution >= 4 is 23.0 Å². The van der Waals surface area contributed by atoms with E-state index in [-0.39, 0.29) is 18.1 Å². The Morgan fingerprint density at radius 3 is 2.30 bits per heavy atom. The highest BCUT2D eigenvalue weighted by Gasteiger charge is 2.20. The molecule has 0 aliphatic heterocycles. The molecule has 0 saturated carbocycles. The van der Waals surface area contributed by atoms with Crippen LogP contribution in [0.1, 0.15) is 12.0 Å². The molecule has 5 rings (SSSR count). The van der Waals surface area contributed by atoms with Gasteiger partial charge in [0, 0.05) is 29.4 Å². The zero-order valence-corrected chi connectivity index (χ0v) is 20.5. The van der Waals surface area contributed by atoms with Crippen molar-refractivity contribution in [1.82, 2.24) is 9.99 Å². The van der Waals surface area contributed by atoms with Gasteiger partial charge in [-0.15, -0.1) is 0 Å². The number of nitrogens with zero attached hydrogens (tertiary/aromatic N) is 2. The number of benzene rings is 4. The van der Waals surface area contributed by atoms with Crippen LogP contribution in [0.25, 0.3) is 33.3 Å². The number of rotatable bonds is 8. The fraction of sp³-hybridized carbons (Fsp3) is 0.0968. The maximum absolute atomic E-state index is 12.7. The van der Waals surface area contributed by atoms with Crippen LogP contribution in [-0.4, -0.2) is 28.9 Å². The van der Waals surface area contributed by atoms with Gasteiger partial charge in [-0.3, -0.25) is 4.79 Å². The summed E-state index contributed by atoms with van der Waals surface area (Å²) >= 11 is 0. The van der Waals surface area contributed by atoms with Crippen LogP contribution in [-0.2, 0) is 11.3 Å². The summed E-state index contributed by atoms with van der Waals surface area (Å²) in [4.78, 5) is 12.7. The van der Waals surface area contributed by atoms with Crippen molar-refractivity contribution in [2.75, 3.05) is 7.11 Å². The Kier molecular flexibility index (Phi) is 6.99. The summed E-state index contributed by atoms with van der Waals surface area (Å²) in [5.74, 6) is 0.191. The Hall–Kier alpha value is -4.84. The fourth-order valence-corrected chi connectivity index (χ4v) is 4.56. The molecule has 1 aromatic heterocycles. The van der Waals surface area contributed by atoms with Gasteiger partial charge in [-0.1, -0.05) is 78.9 Å². The molecule has 4 aromatic carbocycles. The summed E-state index contributed by atoms with van der Waals surface area (Å²) in [5, 5.41) is 15.1. The topological polar surface area (TPSA) is 75.8 Å². The Morgan fingerprint density at radius 2 is 1.59 bits per heavy atom. The lowest BCUT2D eigenvalue weighted by molar-refractivity contribution is -0.121. The van der Waals surface area contributed by atoms with Gasteiger partial charge in [-0.05, 0) is 41.0 Å². The molecule has 37 heavy (non-hydrogen) atoms. The van der Waals surface area contributed by atoms with Crippen molar-refractivity contribution in [3.05, 3.63) is 109 Å². The van der Waals surface area contributed by atoms with Gasteiger partial charge in [-0.25, -0.2) is 5.43 Å². The molecule has 0 aliphatic rings. The van der Waals surface area contributed by atoms with Gasteiger partial charge in [0.15, 0.2) is 11.5 Å². The van der Waals surface area contributed by atoms with Crippen LogP contribution in [0, 0.1) is 0 Å². The molecule has 1 heterocycles. The number of nitrogens with one attached hydrogen (secondary N) is 1. The van der Waals surface area contributed by atoms with Gasteiger partial charge in [-0.2, -0.15) is 5.10 Å². The fourth-order valence-electron chi connectivity index (χ4n) is 4.56. The lowest BCUT2D eigenvalue weighted by Gasteiger charge is -2.13. The van der Waals surface area contributed by atoms with Crippen molar-refractivity contribution in [3.8, 4) is 33.9 Å². The number of methoxy groups -OCH3 is 1. The summed E-state index contributed by atoms with van der Waals surface area (Å²) in [6.45, 7) is 0.488. The molecule has 0 atom stereocenters. The number of phenols is 1. The third kappa shape index (κ3) is 5.09. The monoisotopic (exact) mass is 489 g/mol. The van der Waals surface area contributed by atoms with E-state index in [0.717, 1.165) is 33.3 Å². The third-order valence-electron chi connectivity index (χ3n) is 6.25. The van der Waals surface area contributed by atoms with E-state index in [0.29, 0.717) is 17.9 Å². The molecule has 0 fully saturated rings. The normalized spacial score (nSPS) is 11.2. The summed E-state index contributed by atoms with van der Waals surface area (Å²) in [5.41, 5.74) is 8.78. The lowest BCUT2D eigenvalue weighted by Crippen LogP contribution is -2.19. The number of aryl methyl sites for hydroxylation is 1. The highest BCUT2D eigenvalue weighted by Crippen LogP contribution is 2.41. The number of hydrogen-bond donors (Lipinski definition) is 2. The molecule has 2 N–H and O–H groups in total. The van der Waals surface area contributed by atoms with Crippen molar-refractivity contribution in [3.63, 3.8) is 0 Å². The summed E-state index contributed by atoms with van der Waals surface area (Å²) in [6, 6.07) is 33.9. The number of phenolic OH excluding ortho intramolecular Hbond substituents is 1. The van der Waals surface area contributed by atoms with Crippen molar-refractivity contribution in [1.29, 1.82) is 0 Å². The number of amides is 1. The highest BCUT2D eigenvalue weighted by molar-refractivity contribution is 6.04. The van der Waals surface area contributed by atoms with Gasteiger partial charge in [0.05, 0.1) is 19.0 Å². The lowest BCUT2D eigenvalue weighted by atomic mass is 9.98. The van der Waals surface area contributed by atoms with Crippen LogP contribution in [0.2, 0.25) is 0 Å². The molecular weight excluding hydrogens is 462 g/mol. The minimum Gasteiger partial charge on any atom is -0.504 e. The number of hydrazone groups is 1. The van der Waals surface area contributed by atoms with Gasteiger partial charge >= 0.3 is 0 Å². The largest absolute Gasteiger partial charge is 0.504 e. The van der Waals surface area contributed by atoms with Gasteiger partial charge in [0.1, 0.15) is 0 Å². The van der Waals surface area contributed by atoms with E-state index >= 15 is 0 Å². The predicted molar refractivity (Wildman–Crippen MR) is 148 cm³/mol. The number of para-hydroxylation sites is 1. The second-order valence-corrected chi connectivity index (χ2v) is 8.60. The molecule has 0 aliphatic carbocycles. The predicted octanol–water partition coefficient (Wildman–Crippen LogP) is 6.23. The Bertz CT molecular complexity index is 1560. The second kappa shape index (κ2) is 10.8. The molecule has 0 radical (unpaired) electrons. The van der Waals surface area contributed by atoms with E-state index in [4.69, 9.17) is 4.74 Å². The first-order valence-electron chi connectivity index (χ1n) is 12.1. The smallest absolute Gasteiger partial charge is 0.241 e. The first-order chi connectivity index (χ1) is 18.2. The first-order valence-corrected chi connectivity index (χ1v) is 12.1. The van der Waals surface area contributed by atoms with Gasteiger partial charge in [0.25, 0.3) is 0 Å². The third-order valence-corrected chi connectivity index (χ3v) is 6.25. The molecule has 1 amide bonds. The molecule has 0 saturated heterocycles. The number of carbonyl (C=O) groups is 1. The van der Waals surface area contributed by atoms with Gasteiger partial charge < -0.3 is 14.4 Å². The van der Waals surface area contributed by atoms with Crippen molar-refractivity contribution in [2.24, 2.45) is 5.10 Å². The molecule has 0 spiro atoms. The SMILES string of the molecule is COc1ccc(/C=N\NC(=O)CCn2c(-c3ccccc3)c(-c3ccccc3)c3ccccc32)cc1O. The average molecular weight is 490 g/mol. The molecule has 0 bridgehead atoms. The quantitative estimate of drug-likeness (QED) is 0.200. The van der Waals surface area contributed by atoms with E-state index in [1.807, 2.05) is 48.5 Å². The van der Waals surface area contributed by atoms with Crippen LogP contribution >= 0.6 is 0 Å². The van der Waals surface area contributed by atoms with Crippen LogP contribution in [0.5, 0.6) is 11.5 Å². The average Bonchev–Trinajstić information content (AvgIpc) is 3.27. The molecule has 184 valence electrons. The van der Waals surface area contributed by atoms with E-state index in [9.17, 15) is 9.90 Å². The van der Waals surface area contributed by atoms with Crippen LogP contribution in [0.4, 0.5) is 0 Å². The molecule has 6 heteroatoms.